The molecule has 0 unspecified atom stereocenters. The predicted octanol–water partition coefficient (Wildman–Crippen LogP) is 4.35. The molecular weight excluding hydrogens is 509 g/mol. The van der Waals surface area contributed by atoms with E-state index in [1.807, 2.05) is 0 Å². The largest absolute Gasteiger partial charge is 0.352 e. The van der Waals surface area contributed by atoms with Crippen molar-refractivity contribution in [2.24, 2.45) is 0 Å². The highest BCUT2D eigenvalue weighted by atomic mass is 35.5. The number of hydrogen-bond acceptors (Lipinski definition) is 4. The van der Waals surface area contributed by atoms with Crippen molar-refractivity contribution in [3.05, 3.63) is 63.1 Å². The number of sulfonamides is 1. The fraction of sp³-hybridized carbons (Fsp3) is 0.364. The Morgan fingerprint density at radius 3 is 2.18 bits per heavy atom. The topological polar surface area (TPSA) is 86.8 Å². The van der Waals surface area contributed by atoms with E-state index in [1.165, 1.54) is 23.1 Å². The number of nitrogens with zero attached hydrogens (tertiary/aromatic N) is 2. The van der Waals surface area contributed by atoms with E-state index in [0.29, 0.717) is 15.6 Å². The van der Waals surface area contributed by atoms with E-state index in [0.717, 1.165) is 10.6 Å². The molecule has 0 heterocycles. The Morgan fingerprint density at radius 2 is 1.64 bits per heavy atom. The normalized spacial score (nSPS) is 12.4. The van der Waals surface area contributed by atoms with Crippen LogP contribution in [0.25, 0.3) is 0 Å². The van der Waals surface area contributed by atoms with Gasteiger partial charge in [0, 0.05) is 22.6 Å². The van der Waals surface area contributed by atoms with Crippen LogP contribution in [0, 0.1) is 0 Å². The molecule has 0 aliphatic heterocycles. The van der Waals surface area contributed by atoms with Gasteiger partial charge in [0.05, 0.1) is 17.0 Å². The van der Waals surface area contributed by atoms with E-state index in [1.54, 1.807) is 45.0 Å². The molecule has 2 rings (SSSR count). The Labute approximate surface area is 209 Å². The number of para-hydroxylation sites is 1. The fourth-order valence-electron chi connectivity index (χ4n) is 3.07. The van der Waals surface area contributed by atoms with Crippen molar-refractivity contribution in [3.8, 4) is 0 Å². The van der Waals surface area contributed by atoms with Gasteiger partial charge < -0.3 is 10.2 Å². The Balaban J connectivity index is 2.44. The molecule has 2 aromatic rings. The van der Waals surface area contributed by atoms with E-state index in [-0.39, 0.29) is 29.2 Å². The van der Waals surface area contributed by atoms with Crippen LogP contribution in [0.15, 0.2) is 42.5 Å². The number of rotatable bonds is 9. The number of benzene rings is 2. The van der Waals surface area contributed by atoms with Gasteiger partial charge in [0.15, 0.2) is 0 Å². The molecule has 33 heavy (non-hydrogen) atoms. The first-order valence-electron chi connectivity index (χ1n) is 10.1. The summed E-state index contributed by atoms with van der Waals surface area (Å²) in [7, 11) is -3.86. The van der Waals surface area contributed by atoms with Crippen molar-refractivity contribution >= 4 is 62.3 Å². The molecule has 0 aromatic heterocycles. The van der Waals surface area contributed by atoms with Crippen molar-refractivity contribution < 1.29 is 18.0 Å². The van der Waals surface area contributed by atoms with Crippen LogP contribution in [0.5, 0.6) is 0 Å². The van der Waals surface area contributed by atoms with Crippen molar-refractivity contribution in [1.29, 1.82) is 0 Å². The van der Waals surface area contributed by atoms with Crippen LogP contribution in [0.1, 0.15) is 26.3 Å². The van der Waals surface area contributed by atoms with Gasteiger partial charge in [0.2, 0.25) is 21.8 Å². The molecule has 2 aromatic carbocycles. The molecule has 1 N–H and O–H groups in total. The van der Waals surface area contributed by atoms with Gasteiger partial charge in [-0.15, -0.1) is 0 Å². The summed E-state index contributed by atoms with van der Waals surface area (Å²) in [5.41, 5.74) is 0.723. The summed E-state index contributed by atoms with van der Waals surface area (Å²) in [6.07, 6.45) is 0.985. The van der Waals surface area contributed by atoms with Crippen LogP contribution in [-0.2, 0) is 26.2 Å². The van der Waals surface area contributed by atoms with E-state index >= 15 is 0 Å². The maximum absolute atomic E-state index is 13.4. The quantitative estimate of drug-likeness (QED) is 0.518. The lowest BCUT2D eigenvalue weighted by Crippen LogP contribution is -2.52. The van der Waals surface area contributed by atoms with Crippen molar-refractivity contribution in [1.82, 2.24) is 10.2 Å². The molecule has 0 saturated carbocycles. The lowest BCUT2D eigenvalue weighted by molar-refractivity contribution is -0.139. The zero-order valence-corrected chi connectivity index (χ0v) is 21.8. The first-order valence-corrected chi connectivity index (χ1v) is 13.1. The fourth-order valence-corrected chi connectivity index (χ4v) is 4.69. The third-order valence-corrected chi connectivity index (χ3v) is 6.79. The van der Waals surface area contributed by atoms with Crippen LogP contribution in [0.3, 0.4) is 0 Å². The molecule has 0 aliphatic carbocycles. The molecule has 180 valence electrons. The molecule has 0 fully saturated rings. The highest BCUT2D eigenvalue weighted by Crippen LogP contribution is 2.28. The highest BCUT2D eigenvalue weighted by molar-refractivity contribution is 7.92. The van der Waals surface area contributed by atoms with E-state index in [2.05, 4.69) is 5.32 Å². The monoisotopic (exact) mass is 533 g/mol. The maximum atomic E-state index is 13.4. The minimum atomic E-state index is -3.86. The number of anilines is 1. The SMILES string of the molecule is CC(C)NC(=O)[C@@H](C)N(Cc1ccc(Cl)cc1Cl)C(=O)CN(c1ccccc1Cl)S(C)(=O)=O. The third kappa shape index (κ3) is 7.50. The molecule has 0 saturated heterocycles. The molecule has 1 atom stereocenters. The molecule has 7 nitrogen and oxygen atoms in total. The van der Waals surface area contributed by atoms with Crippen molar-refractivity contribution in [3.63, 3.8) is 0 Å². The van der Waals surface area contributed by atoms with Crippen LogP contribution in [0.4, 0.5) is 5.69 Å². The summed E-state index contributed by atoms with van der Waals surface area (Å²) in [6, 6.07) is 10.1. The van der Waals surface area contributed by atoms with Gasteiger partial charge in [-0.25, -0.2) is 8.42 Å². The van der Waals surface area contributed by atoms with Crippen LogP contribution in [-0.4, -0.2) is 50.0 Å². The van der Waals surface area contributed by atoms with Gasteiger partial charge >= 0.3 is 0 Å². The number of amides is 2. The van der Waals surface area contributed by atoms with Crippen LogP contribution >= 0.6 is 34.8 Å². The highest BCUT2D eigenvalue weighted by Gasteiger charge is 2.31. The Kier molecular flexibility index (Phi) is 9.43. The first-order chi connectivity index (χ1) is 15.3. The number of halogens is 3. The summed E-state index contributed by atoms with van der Waals surface area (Å²) >= 11 is 18.5. The van der Waals surface area contributed by atoms with Crippen LogP contribution < -0.4 is 9.62 Å². The second kappa shape index (κ2) is 11.4. The minimum absolute atomic E-state index is 0.0261. The van der Waals surface area contributed by atoms with Gasteiger partial charge in [-0.05, 0) is 50.6 Å². The lowest BCUT2D eigenvalue weighted by Gasteiger charge is -2.32. The van der Waals surface area contributed by atoms with Gasteiger partial charge in [-0.2, -0.15) is 0 Å². The van der Waals surface area contributed by atoms with Gasteiger partial charge in [0.25, 0.3) is 0 Å². The van der Waals surface area contributed by atoms with Gasteiger partial charge in [0.1, 0.15) is 12.6 Å². The molecule has 11 heteroatoms. The third-order valence-electron chi connectivity index (χ3n) is 4.75. The summed E-state index contributed by atoms with van der Waals surface area (Å²) in [6.45, 7) is 4.60. The van der Waals surface area contributed by atoms with E-state index in [9.17, 15) is 18.0 Å². The zero-order chi connectivity index (χ0) is 24.9. The van der Waals surface area contributed by atoms with E-state index in [4.69, 9.17) is 34.8 Å². The molecule has 0 bridgehead atoms. The minimum Gasteiger partial charge on any atom is -0.352 e. The lowest BCUT2D eigenvalue weighted by atomic mass is 10.1. The predicted molar refractivity (Wildman–Crippen MR) is 133 cm³/mol. The first kappa shape index (κ1) is 27.2. The average molecular weight is 535 g/mol. The zero-order valence-electron chi connectivity index (χ0n) is 18.7. The van der Waals surface area contributed by atoms with Crippen molar-refractivity contribution in [2.75, 3.05) is 17.1 Å². The molecule has 0 aliphatic rings. The smallest absolute Gasteiger partial charge is 0.244 e. The second-order valence-electron chi connectivity index (χ2n) is 7.82. The molecule has 2 amide bonds. The number of nitrogens with one attached hydrogen (secondary N) is 1. The standard InChI is InChI=1S/C22H26Cl3N3O4S/c1-14(2)26-22(30)15(3)27(12-16-9-10-17(23)11-19(16)25)21(29)13-28(33(4,31)32)20-8-6-5-7-18(20)24/h5-11,14-15H,12-13H2,1-4H3,(H,26,30)/t15-/m1/s1. The summed E-state index contributed by atoms with van der Waals surface area (Å²) in [5.74, 6) is -0.982. The van der Waals surface area contributed by atoms with Gasteiger partial charge in [-0.3, -0.25) is 13.9 Å². The van der Waals surface area contributed by atoms with Crippen LogP contribution in [0.2, 0.25) is 15.1 Å². The maximum Gasteiger partial charge on any atom is 0.244 e. The molecular formula is C22H26Cl3N3O4S. The molecule has 0 radical (unpaired) electrons. The van der Waals surface area contributed by atoms with E-state index < -0.39 is 28.5 Å². The van der Waals surface area contributed by atoms with Gasteiger partial charge in [-0.1, -0.05) is 53.0 Å². The summed E-state index contributed by atoms with van der Waals surface area (Å²) in [5, 5.41) is 3.69. The van der Waals surface area contributed by atoms with Crippen molar-refractivity contribution in [2.45, 2.75) is 39.4 Å². The molecule has 0 spiro atoms. The summed E-state index contributed by atoms with van der Waals surface area (Å²) < 4.78 is 26.0. The number of carbonyl (C=O) groups is 2. The second-order valence-corrected chi connectivity index (χ2v) is 11.0. The Morgan fingerprint density at radius 1 is 1.00 bits per heavy atom. The Bertz CT molecular complexity index is 1130. The summed E-state index contributed by atoms with van der Waals surface area (Å²) in [4.78, 5) is 27.4. The Hall–Kier alpha value is -2.00. The number of carbonyl (C=O) groups excluding carboxylic acids is 2. The average Bonchev–Trinajstić information content (AvgIpc) is 2.70. The number of hydrogen-bond donors (Lipinski definition) is 1.